The molecule has 1 aromatic heterocycles. The highest BCUT2D eigenvalue weighted by Crippen LogP contribution is 2.49. The highest BCUT2D eigenvalue weighted by atomic mass is 16.3. The summed E-state index contributed by atoms with van der Waals surface area (Å²) in [6, 6.07) is 1.90. The van der Waals surface area contributed by atoms with Gasteiger partial charge in [0.25, 0.3) is 0 Å². The van der Waals surface area contributed by atoms with Crippen molar-refractivity contribution in [3.63, 3.8) is 0 Å². The Balaban J connectivity index is 1.68. The minimum Gasteiger partial charge on any atom is -0.390 e. The van der Waals surface area contributed by atoms with Crippen LogP contribution in [0.1, 0.15) is 46.5 Å². The zero-order valence-electron chi connectivity index (χ0n) is 14.5. The van der Waals surface area contributed by atoms with Crippen LogP contribution in [0.2, 0.25) is 0 Å². The van der Waals surface area contributed by atoms with Crippen molar-refractivity contribution in [2.24, 2.45) is 17.3 Å². The average molecular weight is 319 g/mol. The van der Waals surface area contributed by atoms with Gasteiger partial charge in [0.2, 0.25) is 5.91 Å². The molecule has 1 saturated heterocycles. The lowest BCUT2D eigenvalue weighted by Crippen LogP contribution is -2.54. The van der Waals surface area contributed by atoms with E-state index in [1.165, 1.54) is 0 Å². The molecular formula is C18H29N3O2. The molecule has 5 nitrogen and oxygen atoms in total. The van der Waals surface area contributed by atoms with Crippen molar-refractivity contribution in [1.29, 1.82) is 0 Å². The van der Waals surface area contributed by atoms with Gasteiger partial charge in [-0.25, -0.2) is 0 Å². The second kappa shape index (κ2) is 5.93. The number of piperidine rings is 1. The normalized spacial score (nSPS) is 29.8. The maximum Gasteiger partial charge on any atom is 0.230 e. The van der Waals surface area contributed by atoms with Gasteiger partial charge in [-0.3, -0.25) is 9.48 Å². The van der Waals surface area contributed by atoms with Crippen LogP contribution in [0.4, 0.5) is 0 Å². The molecule has 2 atom stereocenters. The Morgan fingerprint density at radius 1 is 1.39 bits per heavy atom. The van der Waals surface area contributed by atoms with Gasteiger partial charge in [-0.15, -0.1) is 0 Å². The first kappa shape index (κ1) is 16.5. The fraction of sp³-hybridized carbons (Fsp3) is 0.778. The Bertz CT molecular complexity index is 547. The van der Waals surface area contributed by atoms with Crippen LogP contribution in [0.25, 0.3) is 0 Å². The summed E-state index contributed by atoms with van der Waals surface area (Å²) in [6.45, 7) is 8.32. The zero-order chi connectivity index (χ0) is 16.7. The van der Waals surface area contributed by atoms with Crippen molar-refractivity contribution in [2.45, 2.75) is 58.6 Å². The van der Waals surface area contributed by atoms with Crippen molar-refractivity contribution in [3.8, 4) is 0 Å². The number of rotatable bonds is 5. The molecule has 1 amide bonds. The van der Waals surface area contributed by atoms with Crippen LogP contribution in [0, 0.1) is 17.3 Å². The van der Waals surface area contributed by atoms with Gasteiger partial charge in [-0.1, -0.05) is 13.8 Å². The second-order valence-corrected chi connectivity index (χ2v) is 8.17. The van der Waals surface area contributed by atoms with Gasteiger partial charge in [0.15, 0.2) is 0 Å². The molecular weight excluding hydrogens is 290 g/mol. The molecule has 0 unspecified atom stereocenters. The Morgan fingerprint density at radius 2 is 2.13 bits per heavy atom. The van der Waals surface area contributed by atoms with Crippen molar-refractivity contribution in [1.82, 2.24) is 14.7 Å². The average Bonchev–Trinajstić information content (AvgIpc) is 3.07. The fourth-order valence-electron chi connectivity index (χ4n) is 3.83. The largest absolute Gasteiger partial charge is 0.390 e. The Kier molecular flexibility index (Phi) is 4.25. The number of amides is 1. The molecule has 128 valence electrons. The second-order valence-electron chi connectivity index (χ2n) is 8.17. The molecule has 1 aliphatic heterocycles. The number of hydrogen-bond donors (Lipinski definition) is 1. The molecule has 1 saturated carbocycles. The summed E-state index contributed by atoms with van der Waals surface area (Å²) in [4.78, 5) is 15.1. The highest BCUT2D eigenvalue weighted by Gasteiger charge is 2.53. The molecule has 0 spiro atoms. The van der Waals surface area contributed by atoms with Crippen LogP contribution in [0.15, 0.2) is 18.5 Å². The van der Waals surface area contributed by atoms with Gasteiger partial charge in [-0.2, -0.15) is 5.10 Å². The van der Waals surface area contributed by atoms with E-state index in [1.807, 2.05) is 28.8 Å². The van der Waals surface area contributed by atoms with Gasteiger partial charge < -0.3 is 10.0 Å². The number of carbonyl (C=O) groups excluding carboxylic acids is 1. The number of aromatic nitrogens is 2. The molecule has 1 N–H and O–H groups in total. The first-order valence-electron chi connectivity index (χ1n) is 8.82. The SMILES string of the molecule is CC(C)C[C@H]1CN(C(=O)C2(Cn3cccn3)CC2)CC[C@@]1(C)O. The lowest BCUT2D eigenvalue weighted by molar-refractivity contribution is -0.146. The molecule has 1 aromatic rings. The van der Waals surface area contributed by atoms with Gasteiger partial charge >= 0.3 is 0 Å². The van der Waals surface area contributed by atoms with Crippen molar-refractivity contribution >= 4 is 5.91 Å². The summed E-state index contributed by atoms with van der Waals surface area (Å²) in [5.74, 6) is 0.957. The smallest absolute Gasteiger partial charge is 0.230 e. The maximum atomic E-state index is 13.1. The van der Waals surface area contributed by atoms with Crippen molar-refractivity contribution in [2.75, 3.05) is 13.1 Å². The van der Waals surface area contributed by atoms with Crippen molar-refractivity contribution in [3.05, 3.63) is 18.5 Å². The Morgan fingerprint density at radius 3 is 2.70 bits per heavy atom. The number of hydrogen-bond acceptors (Lipinski definition) is 3. The maximum absolute atomic E-state index is 13.1. The monoisotopic (exact) mass is 319 g/mol. The van der Waals surface area contributed by atoms with E-state index in [0.29, 0.717) is 32.0 Å². The van der Waals surface area contributed by atoms with Crippen molar-refractivity contribution < 1.29 is 9.90 Å². The topological polar surface area (TPSA) is 58.4 Å². The molecule has 2 aliphatic rings. The van der Waals surface area contributed by atoms with Gasteiger partial charge in [0.1, 0.15) is 0 Å². The van der Waals surface area contributed by atoms with E-state index >= 15 is 0 Å². The molecule has 1 aliphatic carbocycles. The molecule has 2 heterocycles. The first-order chi connectivity index (χ1) is 10.8. The van der Waals surface area contributed by atoms with E-state index in [9.17, 15) is 9.90 Å². The van der Waals surface area contributed by atoms with E-state index in [-0.39, 0.29) is 17.2 Å². The minimum absolute atomic E-state index is 0.167. The highest BCUT2D eigenvalue weighted by molar-refractivity contribution is 5.85. The zero-order valence-corrected chi connectivity index (χ0v) is 14.5. The number of nitrogens with zero attached hydrogens (tertiary/aromatic N) is 3. The summed E-state index contributed by atoms with van der Waals surface area (Å²) < 4.78 is 1.87. The van der Waals surface area contributed by atoms with Crippen LogP contribution in [0.5, 0.6) is 0 Å². The van der Waals surface area contributed by atoms with E-state index in [2.05, 4.69) is 18.9 Å². The molecule has 0 aromatic carbocycles. The standard InChI is InChI=1S/C18H29N3O2/c1-14(2)11-15-12-20(10-7-17(15,3)23)16(22)18(5-6-18)13-21-9-4-8-19-21/h4,8-9,14-15,23H,5-7,10-13H2,1-3H3/t15-,17+/m0/s1. The minimum atomic E-state index is -0.653. The predicted molar refractivity (Wildman–Crippen MR) is 88.7 cm³/mol. The van der Waals surface area contributed by atoms with E-state index in [4.69, 9.17) is 0 Å². The molecule has 23 heavy (non-hydrogen) atoms. The predicted octanol–water partition coefficient (Wildman–Crippen LogP) is 2.31. The molecule has 0 radical (unpaired) electrons. The van der Waals surface area contributed by atoms with Gasteiger partial charge in [-0.05, 0) is 44.6 Å². The third kappa shape index (κ3) is 3.44. The number of aliphatic hydroxyl groups is 1. The quantitative estimate of drug-likeness (QED) is 0.906. The van der Waals surface area contributed by atoms with Crippen LogP contribution in [-0.2, 0) is 11.3 Å². The lowest BCUT2D eigenvalue weighted by atomic mass is 9.77. The third-order valence-corrected chi connectivity index (χ3v) is 5.58. The molecule has 3 rings (SSSR count). The van der Waals surface area contributed by atoms with Crippen LogP contribution >= 0.6 is 0 Å². The van der Waals surface area contributed by atoms with E-state index in [1.54, 1.807) is 6.20 Å². The number of likely N-dealkylation sites (tertiary alicyclic amines) is 1. The van der Waals surface area contributed by atoms with Crippen LogP contribution < -0.4 is 0 Å². The van der Waals surface area contributed by atoms with Gasteiger partial charge in [0.05, 0.1) is 17.6 Å². The first-order valence-corrected chi connectivity index (χ1v) is 8.82. The number of carbonyl (C=O) groups is 1. The molecule has 0 bridgehead atoms. The summed E-state index contributed by atoms with van der Waals surface area (Å²) in [6.07, 6.45) is 7.23. The summed E-state index contributed by atoms with van der Waals surface area (Å²) in [5.41, 5.74) is -0.905. The summed E-state index contributed by atoms with van der Waals surface area (Å²) >= 11 is 0. The fourth-order valence-corrected chi connectivity index (χ4v) is 3.83. The lowest BCUT2D eigenvalue weighted by Gasteiger charge is -2.44. The van der Waals surface area contributed by atoms with Crippen LogP contribution in [0.3, 0.4) is 0 Å². The third-order valence-electron chi connectivity index (χ3n) is 5.58. The van der Waals surface area contributed by atoms with E-state index < -0.39 is 5.60 Å². The summed E-state index contributed by atoms with van der Waals surface area (Å²) in [7, 11) is 0. The summed E-state index contributed by atoms with van der Waals surface area (Å²) in [5, 5.41) is 14.9. The van der Waals surface area contributed by atoms with E-state index in [0.717, 1.165) is 19.3 Å². The Labute approximate surface area is 138 Å². The van der Waals surface area contributed by atoms with Crippen LogP contribution in [-0.4, -0.2) is 44.4 Å². The Hall–Kier alpha value is -1.36. The molecule has 5 heteroatoms. The molecule has 2 fully saturated rings. The van der Waals surface area contributed by atoms with Gasteiger partial charge in [0, 0.05) is 31.4 Å².